The zero-order valence-electron chi connectivity index (χ0n) is 17.3. The Labute approximate surface area is 180 Å². The molecular formula is C20H25N5O3S2. The molecule has 0 bridgehead atoms. The first-order valence-corrected chi connectivity index (χ1v) is 12.3. The average molecular weight is 448 g/mol. The number of carbonyl (C=O) groups excluding carboxylic acids is 1. The number of aryl methyl sites for hydroxylation is 2. The highest BCUT2D eigenvalue weighted by Crippen LogP contribution is 2.40. The summed E-state index contributed by atoms with van der Waals surface area (Å²) in [6, 6.07) is 3.80. The van der Waals surface area contributed by atoms with Crippen LogP contribution in [0.2, 0.25) is 0 Å². The van der Waals surface area contributed by atoms with Gasteiger partial charge in [0.1, 0.15) is 9.73 Å². The van der Waals surface area contributed by atoms with Crippen molar-refractivity contribution in [2.45, 2.75) is 44.0 Å². The highest BCUT2D eigenvalue weighted by Gasteiger charge is 2.37. The summed E-state index contributed by atoms with van der Waals surface area (Å²) in [5, 5.41) is 7.97. The van der Waals surface area contributed by atoms with Crippen molar-refractivity contribution < 1.29 is 13.2 Å². The number of nitrogens with one attached hydrogen (secondary N) is 1. The first kappa shape index (κ1) is 21.0. The lowest BCUT2D eigenvalue weighted by Gasteiger charge is -2.16. The molecule has 0 saturated carbocycles. The molecule has 3 aromatic rings. The average Bonchev–Trinajstić information content (AvgIpc) is 3.44. The molecular weight excluding hydrogens is 422 g/mol. The number of carbonyl (C=O) groups is 1. The molecule has 4 heterocycles. The molecule has 1 aliphatic rings. The first-order chi connectivity index (χ1) is 14.4. The van der Waals surface area contributed by atoms with E-state index in [-0.39, 0.29) is 16.7 Å². The van der Waals surface area contributed by atoms with Crippen molar-refractivity contribution in [3.63, 3.8) is 0 Å². The number of rotatable bonds is 6. The van der Waals surface area contributed by atoms with Crippen LogP contribution in [0.3, 0.4) is 0 Å². The van der Waals surface area contributed by atoms with Gasteiger partial charge in [0, 0.05) is 50.4 Å². The standard InChI is InChI=1S/C20H25N5O3S2/c1-4-9-24-12-16(13(2)23-24)30(27,28)25-10-7-14(11-25)17-15-6-5-8-22-20(15)29-18(17)19(26)21-3/h5-6,8,12,14H,4,7,9-11H2,1-3H3,(H,21,26)/t14-/m0/s1. The van der Waals surface area contributed by atoms with Gasteiger partial charge in [0.25, 0.3) is 5.91 Å². The zero-order valence-corrected chi connectivity index (χ0v) is 18.9. The molecule has 10 heteroatoms. The zero-order chi connectivity index (χ0) is 21.5. The number of pyridine rings is 1. The predicted molar refractivity (Wildman–Crippen MR) is 116 cm³/mol. The van der Waals surface area contributed by atoms with Crippen molar-refractivity contribution in [3.8, 4) is 0 Å². The van der Waals surface area contributed by atoms with Crippen LogP contribution in [0, 0.1) is 6.92 Å². The maximum atomic E-state index is 13.3. The Bertz CT molecular complexity index is 1200. The minimum Gasteiger partial charge on any atom is -0.354 e. The van der Waals surface area contributed by atoms with Gasteiger partial charge in [-0.25, -0.2) is 13.4 Å². The third-order valence-electron chi connectivity index (χ3n) is 5.47. The van der Waals surface area contributed by atoms with Crippen molar-refractivity contribution >= 4 is 37.5 Å². The van der Waals surface area contributed by atoms with E-state index in [9.17, 15) is 13.2 Å². The number of fused-ring (bicyclic) bond motifs is 1. The molecule has 0 radical (unpaired) electrons. The van der Waals surface area contributed by atoms with Gasteiger partial charge >= 0.3 is 0 Å². The van der Waals surface area contributed by atoms with Gasteiger partial charge in [0.2, 0.25) is 10.0 Å². The highest BCUT2D eigenvalue weighted by molar-refractivity contribution is 7.89. The second-order valence-corrected chi connectivity index (χ2v) is 10.4. The van der Waals surface area contributed by atoms with Crippen molar-refractivity contribution in [3.05, 3.63) is 40.7 Å². The summed E-state index contributed by atoms with van der Waals surface area (Å²) in [4.78, 5) is 18.6. The van der Waals surface area contributed by atoms with E-state index >= 15 is 0 Å². The van der Waals surface area contributed by atoms with Crippen LogP contribution >= 0.6 is 11.3 Å². The van der Waals surface area contributed by atoms with Crippen LogP contribution in [-0.2, 0) is 16.6 Å². The number of hydrogen-bond acceptors (Lipinski definition) is 6. The molecule has 3 aromatic heterocycles. The second kappa shape index (κ2) is 8.09. The third kappa shape index (κ3) is 3.52. The summed E-state index contributed by atoms with van der Waals surface area (Å²) in [7, 11) is -2.04. The van der Waals surface area contributed by atoms with E-state index in [0.717, 1.165) is 22.2 Å². The van der Waals surface area contributed by atoms with E-state index in [1.807, 2.05) is 19.1 Å². The Morgan fingerprint density at radius 2 is 2.20 bits per heavy atom. The number of sulfonamides is 1. The molecule has 1 saturated heterocycles. The predicted octanol–water partition coefficient (Wildman–Crippen LogP) is 2.75. The summed E-state index contributed by atoms with van der Waals surface area (Å²) in [6.07, 6.45) is 4.87. The number of amides is 1. The molecule has 1 atom stereocenters. The SMILES string of the molecule is CCCn1cc(S(=O)(=O)N2CC[C@H](c3c(C(=O)NC)sc4ncccc34)C2)c(C)n1. The molecule has 1 amide bonds. The quantitative estimate of drug-likeness (QED) is 0.627. The van der Waals surface area contributed by atoms with Crippen molar-refractivity contribution in [2.75, 3.05) is 20.1 Å². The Morgan fingerprint density at radius 1 is 1.40 bits per heavy atom. The van der Waals surface area contributed by atoms with E-state index in [2.05, 4.69) is 15.4 Å². The minimum absolute atomic E-state index is 0.0592. The maximum absolute atomic E-state index is 13.3. The van der Waals surface area contributed by atoms with Gasteiger partial charge in [-0.15, -0.1) is 11.3 Å². The molecule has 160 valence electrons. The summed E-state index contributed by atoms with van der Waals surface area (Å²) in [5.41, 5.74) is 1.42. The lowest BCUT2D eigenvalue weighted by atomic mass is 9.95. The third-order valence-corrected chi connectivity index (χ3v) is 8.57. The van der Waals surface area contributed by atoms with Crippen LogP contribution in [0.1, 0.15) is 46.6 Å². The fourth-order valence-corrected chi connectivity index (χ4v) is 6.90. The number of hydrogen-bond donors (Lipinski definition) is 1. The van der Waals surface area contributed by atoms with Crippen LogP contribution in [0.25, 0.3) is 10.2 Å². The smallest absolute Gasteiger partial charge is 0.261 e. The van der Waals surface area contributed by atoms with Crippen LogP contribution < -0.4 is 5.32 Å². The molecule has 0 aromatic carbocycles. The second-order valence-electron chi connectivity index (χ2n) is 7.47. The molecule has 1 aliphatic heterocycles. The number of thiophene rings is 1. The van der Waals surface area contributed by atoms with Crippen molar-refractivity contribution in [1.29, 1.82) is 0 Å². The fraction of sp³-hybridized carbons (Fsp3) is 0.450. The molecule has 0 spiro atoms. The Kier molecular flexibility index (Phi) is 5.65. The van der Waals surface area contributed by atoms with Crippen LogP contribution in [0.15, 0.2) is 29.4 Å². The summed E-state index contributed by atoms with van der Waals surface area (Å²) in [6.45, 7) is 5.19. The van der Waals surface area contributed by atoms with E-state index in [4.69, 9.17) is 0 Å². The minimum atomic E-state index is -3.65. The Hall–Kier alpha value is -2.30. The van der Waals surface area contributed by atoms with E-state index in [0.29, 0.717) is 36.6 Å². The van der Waals surface area contributed by atoms with Crippen LogP contribution in [0.4, 0.5) is 0 Å². The van der Waals surface area contributed by atoms with E-state index in [1.165, 1.54) is 15.6 Å². The molecule has 4 rings (SSSR count). The molecule has 0 unspecified atom stereocenters. The van der Waals surface area contributed by atoms with Crippen LogP contribution in [0.5, 0.6) is 0 Å². The summed E-state index contributed by atoms with van der Waals surface area (Å²) >= 11 is 1.36. The maximum Gasteiger partial charge on any atom is 0.261 e. The Balaban J connectivity index is 1.68. The normalized spacial score (nSPS) is 17.6. The molecule has 8 nitrogen and oxygen atoms in total. The lowest BCUT2D eigenvalue weighted by Crippen LogP contribution is -2.29. The molecule has 30 heavy (non-hydrogen) atoms. The number of aromatic nitrogens is 3. The van der Waals surface area contributed by atoms with Crippen molar-refractivity contribution in [1.82, 2.24) is 24.4 Å². The first-order valence-electron chi connectivity index (χ1n) is 10.0. The van der Waals surface area contributed by atoms with E-state index < -0.39 is 10.0 Å². The highest BCUT2D eigenvalue weighted by atomic mass is 32.2. The molecule has 1 N–H and O–H groups in total. The summed E-state index contributed by atoms with van der Waals surface area (Å²) < 4.78 is 29.8. The summed E-state index contributed by atoms with van der Waals surface area (Å²) in [5.74, 6) is -0.220. The van der Waals surface area contributed by atoms with Crippen molar-refractivity contribution in [2.24, 2.45) is 0 Å². The van der Waals surface area contributed by atoms with Gasteiger partial charge in [-0.2, -0.15) is 9.40 Å². The van der Waals surface area contributed by atoms with E-state index in [1.54, 1.807) is 31.0 Å². The monoisotopic (exact) mass is 447 g/mol. The molecule has 0 aliphatic carbocycles. The van der Waals surface area contributed by atoms with Gasteiger partial charge in [-0.05, 0) is 31.4 Å². The van der Waals surface area contributed by atoms with Gasteiger partial charge in [-0.3, -0.25) is 9.48 Å². The van der Waals surface area contributed by atoms with Gasteiger partial charge in [-0.1, -0.05) is 13.0 Å². The largest absolute Gasteiger partial charge is 0.354 e. The topological polar surface area (TPSA) is 97.2 Å². The number of nitrogens with zero attached hydrogens (tertiary/aromatic N) is 4. The van der Waals surface area contributed by atoms with Gasteiger partial charge < -0.3 is 5.32 Å². The Morgan fingerprint density at radius 3 is 2.93 bits per heavy atom. The molecule has 1 fully saturated rings. The van der Waals surface area contributed by atoms with Gasteiger partial charge in [0.15, 0.2) is 0 Å². The lowest BCUT2D eigenvalue weighted by molar-refractivity contribution is 0.0966. The van der Waals surface area contributed by atoms with Crippen LogP contribution in [-0.4, -0.2) is 53.5 Å². The van der Waals surface area contributed by atoms with Gasteiger partial charge in [0.05, 0.1) is 10.6 Å². The fourth-order valence-electron chi connectivity index (χ4n) is 4.06.